The molecule has 0 saturated heterocycles. The van der Waals surface area contributed by atoms with Gasteiger partial charge in [0.25, 0.3) is 0 Å². The lowest BCUT2D eigenvalue weighted by Gasteiger charge is -2.10. The summed E-state index contributed by atoms with van der Waals surface area (Å²) in [6.45, 7) is 2.88. The van der Waals surface area contributed by atoms with Gasteiger partial charge in [-0.3, -0.25) is 0 Å². The van der Waals surface area contributed by atoms with Gasteiger partial charge in [0, 0.05) is 12.2 Å². The Morgan fingerprint density at radius 1 is 1.12 bits per heavy atom. The maximum atomic E-state index is 9.17. The van der Waals surface area contributed by atoms with Crippen molar-refractivity contribution in [3.8, 4) is 5.75 Å². The molecule has 0 aliphatic heterocycles. The van der Waals surface area contributed by atoms with Crippen LogP contribution in [0.25, 0.3) is 0 Å². The molecule has 0 saturated carbocycles. The van der Waals surface area contributed by atoms with E-state index in [1.165, 1.54) is 0 Å². The molecule has 0 aliphatic rings. The van der Waals surface area contributed by atoms with E-state index >= 15 is 0 Å². The van der Waals surface area contributed by atoms with Gasteiger partial charge < -0.3 is 14.9 Å². The van der Waals surface area contributed by atoms with Crippen LogP contribution >= 0.6 is 0 Å². The van der Waals surface area contributed by atoms with Crippen molar-refractivity contribution < 1.29 is 14.9 Å². The molecule has 0 unspecified atom stereocenters. The standard InChI is InChI=1S/C13H20O3/c1-11-5-6-13(12(9-11)10-15)16-8-4-2-3-7-14/h5-6,9,14-15H,2-4,7-8,10H2,1H3. The molecule has 0 amide bonds. The molecule has 1 aromatic rings. The lowest BCUT2D eigenvalue weighted by molar-refractivity contribution is 0.252. The van der Waals surface area contributed by atoms with Gasteiger partial charge in [0.1, 0.15) is 5.75 Å². The number of aliphatic hydroxyl groups excluding tert-OH is 2. The molecule has 0 atom stereocenters. The van der Waals surface area contributed by atoms with E-state index < -0.39 is 0 Å². The Balaban J connectivity index is 2.41. The van der Waals surface area contributed by atoms with Crippen molar-refractivity contribution in [2.45, 2.75) is 32.8 Å². The Hall–Kier alpha value is -1.06. The van der Waals surface area contributed by atoms with Crippen molar-refractivity contribution in [3.05, 3.63) is 29.3 Å². The summed E-state index contributed by atoms with van der Waals surface area (Å²) < 4.78 is 5.59. The second-order valence-electron chi connectivity index (χ2n) is 3.90. The topological polar surface area (TPSA) is 49.7 Å². The molecule has 90 valence electrons. The number of unbranched alkanes of at least 4 members (excludes halogenated alkanes) is 2. The summed E-state index contributed by atoms with van der Waals surface area (Å²) in [4.78, 5) is 0. The fraction of sp³-hybridized carbons (Fsp3) is 0.538. The van der Waals surface area contributed by atoms with Crippen LogP contribution in [-0.4, -0.2) is 23.4 Å². The van der Waals surface area contributed by atoms with E-state index in [1.54, 1.807) is 0 Å². The van der Waals surface area contributed by atoms with E-state index in [0.717, 1.165) is 36.1 Å². The van der Waals surface area contributed by atoms with Gasteiger partial charge in [0.2, 0.25) is 0 Å². The van der Waals surface area contributed by atoms with Crippen molar-refractivity contribution >= 4 is 0 Å². The zero-order chi connectivity index (χ0) is 11.8. The fourth-order valence-corrected chi connectivity index (χ4v) is 1.55. The maximum Gasteiger partial charge on any atom is 0.124 e. The largest absolute Gasteiger partial charge is 0.493 e. The number of hydrogen-bond acceptors (Lipinski definition) is 3. The molecule has 0 fully saturated rings. The summed E-state index contributed by atoms with van der Waals surface area (Å²) in [7, 11) is 0. The summed E-state index contributed by atoms with van der Waals surface area (Å²) >= 11 is 0. The molecule has 1 aromatic carbocycles. The Labute approximate surface area is 96.7 Å². The minimum Gasteiger partial charge on any atom is -0.493 e. The molecule has 0 aliphatic carbocycles. The molecule has 3 nitrogen and oxygen atoms in total. The van der Waals surface area contributed by atoms with Crippen LogP contribution in [0, 0.1) is 6.92 Å². The Bertz CT molecular complexity index is 310. The van der Waals surface area contributed by atoms with Crippen LogP contribution in [0.2, 0.25) is 0 Å². The van der Waals surface area contributed by atoms with Crippen molar-refractivity contribution in [2.24, 2.45) is 0 Å². The quantitative estimate of drug-likeness (QED) is 0.697. The normalized spacial score (nSPS) is 10.4. The van der Waals surface area contributed by atoms with Crippen LogP contribution in [0.3, 0.4) is 0 Å². The molecule has 2 N–H and O–H groups in total. The van der Waals surface area contributed by atoms with E-state index in [4.69, 9.17) is 9.84 Å². The van der Waals surface area contributed by atoms with Crippen molar-refractivity contribution in [3.63, 3.8) is 0 Å². The van der Waals surface area contributed by atoms with Crippen LogP contribution < -0.4 is 4.74 Å². The highest BCUT2D eigenvalue weighted by Crippen LogP contribution is 2.20. The highest BCUT2D eigenvalue weighted by molar-refractivity contribution is 5.36. The Morgan fingerprint density at radius 3 is 2.62 bits per heavy atom. The summed E-state index contributed by atoms with van der Waals surface area (Å²) in [5.74, 6) is 0.761. The molecule has 0 bridgehead atoms. The third-order valence-corrected chi connectivity index (χ3v) is 2.45. The van der Waals surface area contributed by atoms with Crippen LogP contribution in [0.4, 0.5) is 0 Å². The molecular weight excluding hydrogens is 204 g/mol. The predicted octanol–water partition coefficient (Wildman–Crippen LogP) is 2.03. The highest BCUT2D eigenvalue weighted by atomic mass is 16.5. The molecule has 16 heavy (non-hydrogen) atoms. The lowest BCUT2D eigenvalue weighted by atomic mass is 10.1. The van der Waals surface area contributed by atoms with E-state index in [0.29, 0.717) is 6.61 Å². The number of benzene rings is 1. The van der Waals surface area contributed by atoms with Gasteiger partial charge in [-0.25, -0.2) is 0 Å². The van der Waals surface area contributed by atoms with Crippen molar-refractivity contribution in [1.82, 2.24) is 0 Å². The maximum absolute atomic E-state index is 9.17. The Kier molecular flexibility index (Phi) is 5.90. The smallest absolute Gasteiger partial charge is 0.124 e. The second-order valence-corrected chi connectivity index (χ2v) is 3.90. The molecular formula is C13H20O3. The van der Waals surface area contributed by atoms with E-state index in [2.05, 4.69) is 0 Å². The Morgan fingerprint density at radius 2 is 1.94 bits per heavy atom. The summed E-state index contributed by atoms with van der Waals surface area (Å²) in [5, 5.41) is 17.8. The first-order chi connectivity index (χ1) is 7.77. The van der Waals surface area contributed by atoms with Gasteiger partial charge in [-0.2, -0.15) is 0 Å². The van der Waals surface area contributed by atoms with Gasteiger partial charge in [0.05, 0.1) is 13.2 Å². The minimum absolute atomic E-state index is 0.00759. The van der Waals surface area contributed by atoms with Gasteiger partial charge in [-0.05, 0) is 32.3 Å². The number of aliphatic hydroxyl groups is 2. The molecule has 3 heteroatoms. The molecule has 0 aromatic heterocycles. The van der Waals surface area contributed by atoms with E-state index in [-0.39, 0.29) is 13.2 Å². The van der Waals surface area contributed by atoms with E-state index in [1.807, 2.05) is 25.1 Å². The fourth-order valence-electron chi connectivity index (χ4n) is 1.55. The first-order valence-corrected chi connectivity index (χ1v) is 5.72. The monoisotopic (exact) mass is 224 g/mol. The third-order valence-electron chi connectivity index (χ3n) is 2.45. The average Bonchev–Trinajstić information content (AvgIpc) is 2.30. The van der Waals surface area contributed by atoms with Crippen LogP contribution in [-0.2, 0) is 6.61 Å². The first kappa shape index (κ1) is 13.0. The summed E-state index contributed by atoms with van der Waals surface area (Å²) in [6, 6.07) is 5.80. The molecule has 0 heterocycles. The second kappa shape index (κ2) is 7.25. The number of hydrogen-bond donors (Lipinski definition) is 2. The van der Waals surface area contributed by atoms with Crippen molar-refractivity contribution in [1.29, 1.82) is 0 Å². The third kappa shape index (κ3) is 4.21. The van der Waals surface area contributed by atoms with Gasteiger partial charge >= 0.3 is 0 Å². The van der Waals surface area contributed by atoms with Crippen LogP contribution in [0.5, 0.6) is 5.75 Å². The van der Waals surface area contributed by atoms with Crippen molar-refractivity contribution in [2.75, 3.05) is 13.2 Å². The van der Waals surface area contributed by atoms with Gasteiger partial charge in [-0.15, -0.1) is 0 Å². The minimum atomic E-state index is 0.00759. The first-order valence-electron chi connectivity index (χ1n) is 5.72. The number of aryl methyl sites for hydroxylation is 1. The summed E-state index contributed by atoms with van der Waals surface area (Å²) in [5.41, 5.74) is 1.96. The van der Waals surface area contributed by atoms with Gasteiger partial charge in [0.15, 0.2) is 0 Å². The zero-order valence-electron chi connectivity index (χ0n) is 9.78. The zero-order valence-corrected chi connectivity index (χ0v) is 9.78. The van der Waals surface area contributed by atoms with Crippen LogP contribution in [0.1, 0.15) is 30.4 Å². The van der Waals surface area contributed by atoms with Gasteiger partial charge in [-0.1, -0.05) is 17.7 Å². The lowest BCUT2D eigenvalue weighted by Crippen LogP contribution is -2.01. The van der Waals surface area contributed by atoms with E-state index in [9.17, 15) is 5.11 Å². The molecule has 0 radical (unpaired) electrons. The molecule has 0 spiro atoms. The predicted molar refractivity (Wildman–Crippen MR) is 63.5 cm³/mol. The SMILES string of the molecule is Cc1ccc(OCCCCCO)c(CO)c1. The summed E-state index contributed by atoms with van der Waals surface area (Å²) in [6.07, 6.45) is 2.72. The highest BCUT2D eigenvalue weighted by Gasteiger charge is 2.02. The average molecular weight is 224 g/mol. The van der Waals surface area contributed by atoms with Crippen LogP contribution in [0.15, 0.2) is 18.2 Å². The number of rotatable bonds is 7. The number of ether oxygens (including phenoxy) is 1. The molecule has 1 rings (SSSR count).